The van der Waals surface area contributed by atoms with Gasteiger partial charge in [0.2, 0.25) is 0 Å². The second kappa shape index (κ2) is 8.80. The fourth-order valence-electron chi connectivity index (χ4n) is 7.66. The van der Waals surface area contributed by atoms with Crippen LogP contribution in [0.2, 0.25) is 0 Å². The van der Waals surface area contributed by atoms with Crippen molar-refractivity contribution < 1.29 is 0 Å². The molecular formula is C41H27N. The van der Waals surface area contributed by atoms with Gasteiger partial charge in [-0.15, -0.1) is 0 Å². The standard InChI is InChI=1S/C41H27N/c1-3-16-29(17-4-1)41(30-18-5-2-6-19-30)35-24-12-9-23-34(35)39-38(27-28-15-7-8-20-31(28)40(39)41)42-36-25-13-10-21-32(36)33-22-11-14-26-37(33)42/h1-27H. The topological polar surface area (TPSA) is 4.93 Å². The van der Waals surface area contributed by atoms with Crippen LogP contribution >= 0.6 is 0 Å². The molecule has 8 aromatic rings. The van der Waals surface area contributed by atoms with Crippen molar-refractivity contribution in [2.24, 2.45) is 0 Å². The van der Waals surface area contributed by atoms with E-state index in [0.29, 0.717) is 0 Å². The Morgan fingerprint density at radius 3 is 1.57 bits per heavy atom. The van der Waals surface area contributed by atoms with Crippen molar-refractivity contribution in [3.05, 3.63) is 186 Å². The molecule has 0 saturated carbocycles. The van der Waals surface area contributed by atoms with Crippen LogP contribution < -0.4 is 0 Å². The molecule has 0 spiro atoms. The molecule has 1 heteroatoms. The lowest BCUT2D eigenvalue weighted by Gasteiger charge is -2.35. The molecule has 1 heterocycles. The fourth-order valence-corrected chi connectivity index (χ4v) is 7.66. The molecule has 1 nitrogen and oxygen atoms in total. The van der Waals surface area contributed by atoms with Crippen LogP contribution in [0.5, 0.6) is 0 Å². The highest BCUT2D eigenvalue weighted by atomic mass is 15.0. The number of rotatable bonds is 3. The molecular weight excluding hydrogens is 506 g/mol. The van der Waals surface area contributed by atoms with Gasteiger partial charge in [0.05, 0.1) is 22.1 Å². The van der Waals surface area contributed by atoms with E-state index in [1.54, 1.807) is 0 Å². The van der Waals surface area contributed by atoms with Crippen molar-refractivity contribution in [1.29, 1.82) is 0 Å². The van der Waals surface area contributed by atoms with Crippen molar-refractivity contribution in [3.8, 4) is 16.8 Å². The van der Waals surface area contributed by atoms with Crippen LogP contribution in [-0.2, 0) is 5.41 Å². The Kier molecular flexibility index (Phi) is 4.88. The van der Waals surface area contributed by atoms with Gasteiger partial charge in [0.1, 0.15) is 0 Å². The normalized spacial score (nSPS) is 13.4. The molecule has 0 unspecified atom stereocenters. The van der Waals surface area contributed by atoms with Gasteiger partial charge in [-0.25, -0.2) is 0 Å². The first kappa shape index (κ1) is 23.3. The van der Waals surface area contributed by atoms with E-state index in [0.717, 1.165) is 0 Å². The minimum atomic E-state index is -0.469. The van der Waals surface area contributed by atoms with Crippen molar-refractivity contribution in [2.75, 3.05) is 0 Å². The molecule has 0 N–H and O–H groups in total. The highest BCUT2D eigenvalue weighted by molar-refractivity contribution is 6.11. The summed E-state index contributed by atoms with van der Waals surface area (Å²) in [5.74, 6) is 0. The summed E-state index contributed by atoms with van der Waals surface area (Å²) in [5, 5.41) is 5.09. The van der Waals surface area contributed by atoms with E-state index >= 15 is 0 Å². The summed E-state index contributed by atoms with van der Waals surface area (Å²) in [6.45, 7) is 0. The number of hydrogen-bond donors (Lipinski definition) is 0. The zero-order valence-corrected chi connectivity index (χ0v) is 23.0. The van der Waals surface area contributed by atoms with Crippen LogP contribution in [0.1, 0.15) is 22.3 Å². The molecule has 0 saturated heterocycles. The molecule has 0 fully saturated rings. The Morgan fingerprint density at radius 2 is 0.929 bits per heavy atom. The second-order valence-corrected chi connectivity index (χ2v) is 11.3. The molecule has 0 radical (unpaired) electrons. The monoisotopic (exact) mass is 533 g/mol. The Balaban J connectivity index is 1.56. The number of fused-ring (bicyclic) bond motifs is 8. The maximum atomic E-state index is 2.50. The van der Waals surface area contributed by atoms with Gasteiger partial charge in [0.25, 0.3) is 0 Å². The van der Waals surface area contributed by atoms with E-state index in [4.69, 9.17) is 0 Å². The largest absolute Gasteiger partial charge is 0.309 e. The molecule has 0 amide bonds. The number of hydrogen-bond acceptors (Lipinski definition) is 0. The summed E-state index contributed by atoms with van der Waals surface area (Å²) in [6.07, 6.45) is 0. The van der Waals surface area contributed by atoms with Crippen molar-refractivity contribution >= 4 is 32.6 Å². The molecule has 0 bridgehead atoms. The molecule has 1 aromatic heterocycles. The summed E-state index contributed by atoms with van der Waals surface area (Å²) in [7, 11) is 0. The molecule has 196 valence electrons. The van der Waals surface area contributed by atoms with Crippen LogP contribution in [-0.4, -0.2) is 4.57 Å². The van der Waals surface area contributed by atoms with Crippen LogP contribution in [0.25, 0.3) is 49.4 Å². The van der Waals surface area contributed by atoms with Crippen molar-refractivity contribution in [1.82, 2.24) is 4.57 Å². The van der Waals surface area contributed by atoms with Gasteiger partial charge in [-0.3, -0.25) is 0 Å². The Bertz CT molecular complexity index is 2200. The SMILES string of the molecule is c1ccc(C2(c3ccccc3)c3ccccc3-c3c(-n4c5ccccc5c5ccccc54)cc4ccccc4c32)cc1. The molecule has 1 aliphatic rings. The zero-order valence-electron chi connectivity index (χ0n) is 23.0. The maximum absolute atomic E-state index is 2.50. The number of nitrogens with zero attached hydrogens (tertiary/aromatic N) is 1. The predicted octanol–water partition coefficient (Wildman–Crippen LogP) is 10.3. The lowest BCUT2D eigenvalue weighted by atomic mass is 9.66. The third-order valence-electron chi connectivity index (χ3n) is 9.24. The van der Waals surface area contributed by atoms with Gasteiger partial charge in [0, 0.05) is 16.3 Å². The van der Waals surface area contributed by atoms with Crippen molar-refractivity contribution in [2.45, 2.75) is 5.41 Å². The molecule has 1 aliphatic carbocycles. The van der Waals surface area contributed by atoms with Crippen LogP contribution in [0.3, 0.4) is 0 Å². The van der Waals surface area contributed by atoms with Gasteiger partial charge >= 0.3 is 0 Å². The first-order valence-electron chi connectivity index (χ1n) is 14.6. The quantitative estimate of drug-likeness (QED) is 0.213. The number of para-hydroxylation sites is 2. The molecule has 42 heavy (non-hydrogen) atoms. The first-order valence-corrected chi connectivity index (χ1v) is 14.6. The van der Waals surface area contributed by atoms with Gasteiger partial charge < -0.3 is 4.57 Å². The summed E-state index contributed by atoms with van der Waals surface area (Å²) in [5.41, 5.74) is 11.1. The molecule has 7 aromatic carbocycles. The minimum absolute atomic E-state index is 0.469. The smallest absolute Gasteiger partial charge is 0.0720 e. The Hall–Kier alpha value is -5.40. The highest BCUT2D eigenvalue weighted by Crippen LogP contribution is 2.60. The van der Waals surface area contributed by atoms with Crippen LogP contribution in [0.15, 0.2) is 164 Å². The van der Waals surface area contributed by atoms with Gasteiger partial charge in [-0.2, -0.15) is 0 Å². The third kappa shape index (κ3) is 2.97. The third-order valence-corrected chi connectivity index (χ3v) is 9.24. The van der Waals surface area contributed by atoms with E-state index < -0.39 is 5.41 Å². The first-order chi connectivity index (χ1) is 20.9. The molecule has 0 atom stereocenters. The fraction of sp³-hybridized carbons (Fsp3) is 0.0244. The molecule has 9 rings (SSSR count). The number of aromatic nitrogens is 1. The van der Waals surface area contributed by atoms with E-state index in [1.807, 2.05) is 0 Å². The lowest BCUT2D eigenvalue weighted by molar-refractivity contribution is 0.775. The summed E-state index contributed by atoms with van der Waals surface area (Å²) in [6, 6.07) is 60.3. The van der Waals surface area contributed by atoms with Crippen LogP contribution in [0, 0.1) is 0 Å². The van der Waals surface area contributed by atoms with Gasteiger partial charge in [-0.05, 0) is 56.8 Å². The highest BCUT2D eigenvalue weighted by Gasteiger charge is 2.48. The predicted molar refractivity (Wildman–Crippen MR) is 176 cm³/mol. The Morgan fingerprint density at radius 1 is 0.429 bits per heavy atom. The summed E-state index contributed by atoms with van der Waals surface area (Å²) < 4.78 is 2.50. The number of benzene rings is 7. The average Bonchev–Trinajstić information content (AvgIpc) is 3.57. The minimum Gasteiger partial charge on any atom is -0.309 e. The zero-order chi connectivity index (χ0) is 27.7. The van der Waals surface area contributed by atoms with E-state index in [-0.39, 0.29) is 0 Å². The van der Waals surface area contributed by atoms with Crippen molar-refractivity contribution in [3.63, 3.8) is 0 Å². The van der Waals surface area contributed by atoms with Crippen LogP contribution in [0.4, 0.5) is 0 Å². The van der Waals surface area contributed by atoms with E-state index in [9.17, 15) is 0 Å². The maximum Gasteiger partial charge on any atom is 0.0720 e. The van der Waals surface area contributed by atoms with Gasteiger partial charge in [0.15, 0.2) is 0 Å². The van der Waals surface area contributed by atoms with E-state index in [1.165, 1.54) is 71.6 Å². The Labute approximate surface area is 244 Å². The van der Waals surface area contributed by atoms with Gasteiger partial charge in [-0.1, -0.05) is 146 Å². The average molecular weight is 534 g/mol. The second-order valence-electron chi connectivity index (χ2n) is 11.3. The molecule has 0 aliphatic heterocycles. The summed E-state index contributed by atoms with van der Waals surface area (Å²) in [4.78, 5) is 0. The van der Waals surface area contributed by atoms with E-state index in [2.05, 4.69) is 168 Å². The lowest BCUT2D eigenvalue weighted by Crippen LogP contribution is -2.28. The summed E-state index contributed by atoms with van der Waals surface area (Å²) >= 11 is 0.